The van der Waals surface area contributed by atoms with Crippen LogP contribution in [0.2, 0.25) is 0 Å². The number of anilines is 1. The lowest BCUT2D eigenvalue weighted by Gasteiger charge is -2.38. The lowest BCUT2D eigenvalue weighted by Crippen LogP contribution is -2.48. The van der Waals surface area contributed by atoms with Crippen molar-refractivity contribution in [2.24, 2.45) is 5.16 Å². The van der Waals surface area contributed by atoms with Crippen LogP contribution in [-0.4, -0.2) is 58.9 Å². The van der Waals surface area contributed by atoms with Crippen molar-refractivity contribution >= 4 is 23.8 Å². The van der Waals surface area contributed by atoms with Gasteiger partial charge in [-0.15, -0.1) is 0 Å². The number of carboxylic acid groups (broad SMARTS) is 1. The van der Waals surface area contributed by atoms with Gasteiger partial charge in [0.05, 0.1) is 19.0 Å². The summed E-state index contributed by atoms with van der Waals surface area (Å²) in [7, 11) is 1.68. The number of aromatic nitrogens is 1. The van der Waals surface area contributed by atoms with Crippen LogP contribution in [0.4, 0.5) is 5.69 Å². The first-order valence-corrected chi connectivity index (χ1v) is 9.97. The van der Waals surface area contributed by atoms with Gasteiger partial charge in [-0.2, -0.15) is 0 Å². The summed E-state index contributed by atoms with van der Waals surface area (Å²) in [5.74, 6) is 0.633. The molecule has 4 rings (SSSR count). The summed E-state index contributed by atoms with van der Waals surface area (Å²) in [5, 5.41) is 13.8. The average Bonchev–Trinajstić information content (AvgIpc) is 3.18. The van der Waals surface area contributed by atoms with E-state index >= 15 is 0 Å². The molecule has 1 fully saturated rings. The first-order chi connectivity index (χ1) is 15.1. The summed E-state index contributed by atoms with van der Waals surface area (Å²) in [6.45, 7) is 2.32. The number of amides is 1. The predicted molar refractivity (Wildman–Crippen MR) is 115 cm³/mol. The van der Waals surface area contributed by atoms with Gasteiger partial charge in [-0.1, -0.05) is 17.3 Å². The Morgan fingerprint density at radius 3 is 2.97 bits per heavy atom. The number of carbonyl (C=O) groups is 2. The van der Waals surface area contributed by atoms with E-state index in [2.05, 4.69) is 32.5 Å². The molecule has 164 valence electrons. The van der Waals surface area contributed by atoms with Gasteiger partial charge >= 0.3 is 0 Å². The Bertz CT molecular complexity index is 921. The topological polar surface area (TPSA) is 113 Å². The Morgan fingerprint density at radius 2 is 2.23 bits per heavy atom. The molecule has 1 atom stereocenters. The zero-order valence-electron chi connectivity index (χ0n) is 17.4. The number of methoxy groups -OCH3 is 1. The smallest absolute Gasteiger partial charge is 0.290 e. The molecule has 2 aliphatic rings. The van der Waals surface area contributed by atoms with Crippen molar-refractivity contribution in [3.05, 3.63) is 54.4 Å². The van der Waals surface area contributed by atoms with Gasteiger partial charge in [-0.3, -0.25) is 19.5 Å². The number of hydrogen-bond donors (Lipinski definition) is 2. The van der Waals surface area contributed by atoms with Crippen LogP contribution in [0.3, 0.4) is 0 Å². The lowest BCUT2D eigenvalue weighted by molar-refractivity contribution is -0.122. The maximum atomic E-state index is 12.5. The maximum absolute atomic E-state index is 12.5. The van der Waals surface area contributed by atoms with Crippen LogP contribution in [0.1, 0.15) is 24.8 Å². The number of nitrogens with one attached hydrogen (secondary N) is 1. The number of piperidine rings is 1. The maximum Gasteiger partial charge on any atom is 0.290 e. The summed E-state index contributed by atoms with van der Waals surface area (Å²) in [6.07, 6.45) is 5.71. The first-order valence-electron chi connectivity index (χ1n) is 9.97. The summed E-state index contributed by atoms with van der Waals surface area (Å²) in [5.41, 5.74) is 1.87. The Hall–Kier alpha value is -3.46. The van der Waals surface area contributed by atoms with E-state index < -0.39 is 5.60 Å². The molecular weight excluding hydrogens is 400 g/mol. The molecule has 2 aromatic rings. The quantitative estimate of drug-likeness (QED) is 0.707. The largest absolute Gasteiger partial charge is 0.497 e. The van der Waals surface area contributed by atoms with E-state index in [4.69, 9.17) is 19.5 Å². The Kier molecular flexibility index (Phi) is 7.55. The summed E-state index contributed by atoms with van der Waals surface area (Å²) in [6, 6.07) is 11.7. The third kappa shape index (κ3) is 6.02. The highest BCUT2D eigenvalue weighted by Crippen LogP contribution is 2.34. The van der Waals surface area contributed by atoms with E-state index in [9.17, 15) is 4.79 Å². The van der Waals surface area contributed by atoms with E-state index in [1.807, 2.05) is 12.1 Å². The minimum absolute atomic E-state index is 0.227. The minimum Gasteiger partial charge on any atom is -0.497 e. The van der Waals surface area contributed by atoms with Gasteiger partial charge < -0.3 is 20.0 Å². The van der Waals surface area contributed by atoms with Crippen LogP contribution in [0.15, 0.2) is 53.9 Å². The average molecular weight is 426 g/mol. The van der Waals surface area contributed by atoms with E-state index in [0.717, 1.165) is 38.2 Å². The third-order valence-electron chi connectivity index (χ3n) is 5.18. The van der Waals surface area contributed by atoms with E-state index in [-0.39, 0.29) is 12.4 Å². The second-order valence-corrected chi connectivity index (χ2v) is 7.46. The normalized spacial score (nSPS) is 20.1. The molecule has 1 saturated heterocycles. The molecule has 2 N–H and O–H groups in total. The third-order valence-corrected chi connectivity index (χ3v) is 5.18. The number of pyridine rings is 1. The molecule has 9 heteroatoms. The molecule has 3 heterocycles. The summed E-state index contributed by atoms with van der Waals surface area (Å²) >= 11 is 0. The number of nitrogens with zero attached hydrogens (tertiary/aromatic N) is 3. The fourth-order valence-corrected chi connectivity index (χ4v) is 3.86. The van der Waals surface area contributed by atoms with E-state index in [1.54, 1.807) is 31.6 Å². The van der Waals surface area contributed by atoms with Crippen molar-refractivity contribution in [1.82, 2.24) is 9.88 Å². The van der Waals surface area contributed by atoms with Crippen LogP contribution in [-0.2, 0) is 21.0 Å². The van der Waals surface area contributed by atoms with Crippen LogP contribution in [0.25, 0.3) is 0 Å². The molecule has 31 heavy (non-hydrogen) atoms. The Morgan fingerprint density at radius 1 is 1.39 bits per heavy atom. The van der Waals surface area contributed by atoms with Gasteiger partial charge in [0, 0.05) is 25.7 Å². The van der Waals surface area contributed by atoms with Crippen LogP contribution in [0, 0.1) is 0 Å². The van der Waals surface area contributed by atoms with Gasteiger partial charge in [-0.25, -0.2) is 0 Å². The van der Waals surface area contributed by atoms with Crippen molar-refractivity contribution in [3.63, 3.8) is 0 Å². The van der Waals surface area contributed by atoms with E-state index in [0.29, 0.717) is 17.8 Å². The lowest BCUT2D eigenvalue weighted by atomic mass is 9.88. The van der Waals surface area contributed by atoms with Crippen molar-refractivity contribution in [2.75, 3.05) is 25.5 Å². The molecule has 1 spiro atoms. The minimum atomic E-state index is -0.418. The molecule has 1 amide bonds. The predicted octanol–water partition coefficient (Wildman–Crippen LogP) is 2.54. The number of carbonyl (C=O) groups excluding carboxylic acids is 1. The Balaban J connectivity index is 0.000000858. The molecule has 1 aromatic carbocycles. The second-order valence-electron chi connectivity index (χ2n) is 7.46. The fourth-order valence-electron chi connectivity index (χ4n) is 3.86. The zero-order valence-corrected chi connectivity index (χ0v) is 17.4. The number of likely N-dealkylation sites (tertiary alicyclic amines) is 1. The molecular formula is C22H26N4O5. The van der Waals surface area contributed by atoms with Crippen molar-refractivity contribution < 1.29 is 24.3 Å². The van der Waals surface area contributed by atoms with Gasteiger partial charge in [0.15, 0.2) is 5.60 Å². The summed E-state index contributed by atoms with van der Waals surface area (Å²) in [4.78, 5) is 33.0. The van der Waals surface area contributed by atoms with Gasteiger partial charge in [0.25, 0.3) is 12.4 Å². The number of hydrogen-bond acceptors (Lipinski definition) is 7. The molecule has 0 aliphatic carbocycles. The van der Waals surface area contributed by atoms with Crippen LogP contribution < -0.4 is 10.1 Å². The fraction of sp³-hybridized carbons (Fsp3) is 0.364. The Labute approximate surface area is 180 Å². The monoisotopic (exact) mass is 426 g/mol. The molecule has 0 radical (unpaired) electrons. The van der Waals surface area contributed by atoms with Gasteiger partial charge in [0.1, 0.15) is 11.5 Å². The number of benzene rings is 1. The molecule has 9 nitrogen and oxygen atoms in total. The first kappa shape index (κ1) is 22.2. The van der Waals surface area contributed by atoms with Crippen LogP contribution in [0.5, 0.6) is 5.75 Å². The summed E-state index contributed by atoms with van der Waals surface area (Å²) < 4.78 is 5.32. The van der Waals surface area contributed by atoms with Crippen molar-refractivity contribution in [1.29, 1.82) is 0 Å². The molecule has 0 bridgehead atoms. The number of oxime groups is 1. The van der Waals surface area contributed by atoms with Crippen molar-refractivity contribution in [2.45, 2.75) is 31.4 Å². The van der Waals surface area contributed by atoms with Crippen LogP contribution >= 0.6 is 0 Å². The zero-order chi connectivity index (χ0) is 22.1. The SMILES string of the molecule is COc1cccc(CN2CCCC3(CC(C(=O)Nc4cccnc4)=NO3)C2)c1.O=CO. The highest BCUT2D eigenvalue weighted by molar-refractivity contribution is 6.43. The number of rotatable bonds is 5. The van der Waals surface area contributed by atoms with E-state index in [1.165, 1.54) is 5.56 Å². The molecule has 0 saturated carbocycles. The molecule has 1 unspecified atom stereocenters. The van der Waals surface area contributed by atoms with Gasteiger partial charge in [0.2, 0.25) is 0 Å². The standard InChI is InChI=1S/C21H24N4O3.CH2O2/c1-27-18-7-2-5-16(11-18)14-25-10-4-8-21(15-25)12-19(24-28-21)20(26)23-17-6-3-9-22-13-17;2-1-3/h2-3,5-7,9,11,13H,4,8,10,12,14-15H2,1H3,(H,23,26);1H,(H,2,3). The molecule has 1 aromatic heterocycles. The van der Waals surface area contributed by atoms with Gasteiger partial charge in [-0.05, 0) is 49.2 Å². The van der Waals surface area contributed by atoms with Crippen molar-refractivity contribution in [3.8, 4) is 5.75 Å². The number of ether oxygens (including phenoxy) is 1. The highest BCUT2D eigenvalue weighted by Gasteiger charge is 2.44. The molecule has 2 aliphatic heterocycles. The highest BCUT2D eigenvalue weighted by atomic mass is 16.7. The second kappa shape index (κ2) is 10.5.